The molecule has 4 N–H and O–H groups in total. The molecular formula is C26H31N3O4S. The monoisotopic (exact) mass is 481 g/mol. The molecule has 0 atom stereocenters. The molecule has 1 aliphatic carbocycles. The largest absolute Gasteiger partial charge is 0.393 e. The zero-order chi connectivity index (χ0) is 24.3. The van der Waals surface area contributed by atoms with Gasteiger partial charge in [0, 0.05) is 28.4 Å². The van der Waals surface area contributed by atoms with Crippen molar-refractivity contribution in [3.05, 3.63) is 53.7 Å². The molecule has 2 heterocycles. The van der Waals surface area contributed by atoms with Gasteiger partial charge < -0.3 is 16.2 Å². The standard InChI is InChI=1S/C26H31N3O4S/c1-26(2)14-23-24(20-5-3-4-6-22(20)29(23)34(32,33)15-26)16-7-12-19(25(27)31)21(13-16)28-17-8-10-18(30)11-9-17/h3-7,12-13,17-18,28,30H,8-11,14-15H2,1-2H3,(H2,27,31). The highest BCUT2D eigenvalue weighted by atomic mass is 32.2. The lowest BCUT2D eigenvalue weighted by Crippen LogP contribution is -2.36. The Morgan fingerprint density at radius 1 is 1.12 bits per heavy atom. The number of aliphatic hydroxyl groups excluding tert-OH is 1. The predicted octanol–water partition coefficient (Wildman–Crippen LogP) is 3.88. The Kier molecular flexibility index (Phi) is 5.48. The van der Waals surface area contributed by atoms with Crippen LogP contribution in [0.1, 0.15) is 55.6 Å². The van der Waals surface area contributed by atoms with Gasteiger partial charge in [0.05, 0.1) is 22.9 Å². The van der Waals surface area contributed by atoms with Crippen LogP contribution in [0.4, 0.5) is 5.69 Å². The minimum Gasteiger partial charge on any atom is -0.393 e. The molecule has 0 spiro atoms. The third-order valence-electron chi connectivity index (χ3n) is 7.05. The Labute approximate surface area is 200 Å². The molecule has 1 aromatic heterocycles. The van der Waals surface area contributed by atoms with E-state index in [-0.39, 0.29) is 17.9 Å². The molecule has 8 heteroatoms. The maximum atomic E-state index is 13.3. The van der Waals surface area contributed by atoms with E-state index in [4.69, 9.17) is 5.73 Å². The van der Waals surface area contributed by atoms with Crippen molar-refractivity contribution >= 4 is 32.5 Å². The van der Waals surface area contributed by atoms with E-state index in [9.17, 15) is 18.3 Å². The highest BCUT2D eigenvalue weighted by Crippen LogP contribution is 2.43. The second kappa shape index (κ2) is 8.13. The smallest absolute Gasteiger partial charge is 0.250 e. The SMILES string of the molecule is CC1(C)Cc2c(-c3ccc(C(N)=O)c(NC4CCC(O)CC4)c3)c3ccccc3n2S(=O)(=O)C1. The van der Waals surface area contributed by atoms with Crippen LogP contribution in [0.5, 0.6) is 0 Å². The van der Waals surface area contributed by atoms with Crippen molar-refractivity contribution in [3.63, 3.8) is 0 Å². The van der Waals surface area contributed by atoms with Crippen LogP contribution in [0.2, 0.25) is 0 Å². The van der Waals surface area contributed by atoms with Gasteiger partial charge in [-0.05, 0) is 61.3 Å². The van der Waals surface area contributed by atoms with Gasteiger partial charge in [0.1, 0.15) is 0 Å². The normalized spacial score (nSPS) is 23.4. The summed E-state index contributed by atoms with van der Waals surface area (Å²) in [5, 5.41) is 14.2. The van der Waals surface area contributed by atoms with Crippen LogP contribution in [0.3, 0.4) is 0 Å². The maximum absolute atomic E-state index is 13.3. The molecule has 7 nitrogen and oxygen atoms in total. The van der Waals surface area contributed by atoms with Crippen LogP contribution in [0.25, 0.3) is 22.0 Å². The van der Waals surface area contributed by atoms with Gasteiger partial charge in [-0.25, -0.2) is 12.4 Å². The van der Waals surface area contributed by atoms with Crippen LogP contribution in [-0.4, -0.2) is 41.3 Å². The Balaban J connectivity index is 1.68. The van der Waals surface area contributed by atoms with E-state index >= 15 is 0 Å². The van der Waals surface area contributed by atoms with Crippen LogP contribution >= 0.6 is 0 Å². The Hall–Kier alpha value is -2.84. The first-order valence-corrected chi connectivity index (χ1v) is 13.4. The number of rotatable bonds is 4. The van der Waals surface area contributed by atoms with Crippen molar-refractivity contribution < 1.29 is 18.3 Å². The highest BCUT2D eigenvalue weighted by Gasteiger charge is 2.38. The zero-order valence-electron chi connectivity index (χ0n) is 19.5. The number of hydrogen-bond donors (Lipinski definition) is 3. The topological polar surface area (TPSA) is 114 Å². The van der Waals surface area contributed by atoms with Crippen molar-refractivity contribution in [2.75, 3.05) is 11.1 Å². The molecule has 0 saturated heterocycles. The molecule has 0 radical (unpaired) electrons. The lowest BCUT2D eigenvalue weighted by molar-refractivity contribution is 0.100. The summed E-state index contributed by atoms with van der Waals surface area (Å²) in [6, 6.07) is 13.2. The number of nitrogens with zero attached hydrogens (tertiary/aromatic N) is 1. The second-order valence-electron chi connectivity index (χ2n) is 10.5. The van der Waals surface area contributed by atoms with Crippen molar-refractivity contribution in [2.45, 2.75) is 58.1 Å². The second-order valence-corrected chi connectivity index (χ2v) is 12.3. The van der Waals surface area contributed by atoms with Gasteiger partial charge in [0.2, 0.25) is 10.0 Å². The number of carbonyl (C=O) groups is 1. The van der Waals surface area contributed by atoms with Gasteiger partial charge in [-0.1, -0.05) is 38.1 Å². The summed E-state index contributed by atoms with van der Waals surface area (Å²) in [5.41, 5.74) is 9.52. The molecule has 180 valence electrons. The average molecular weight is 482 g/mol. The molecule has 0 unspecified atom stereocenters. The number of aliphatic hydroxyl groups is 1. The van der Waals surface area contributed by atoms with E-state index in [1.54, 1.807) is 6.07 Å². The molecule has 3 aromatic rings. The number of anilines is 1. The van der Waals surface area contributed by atoms with Crippen molar-refractivity contribution in [1.82, 2.24) is 3.97 Å². The number of para-hydroxylation sites is 1. The molecule has 5 rings (SSSR count). The number of carbonyl (C=O) groups excluding carboxylic acids is 1. The fraction of sp³-hybridized carbons (Fsp3) is 0.423. The number of nitrogens with two attached hydrogens (primary N) is 1. The number of primary amides is 1. The number of fused-ring (bicyclic) bond motifs is 3. The van der Waals surface area contributed by atoms with Crippen molar-refractivity contribution in [3.8, 4) is 11.1 Å². The Morgan fingerprint density at radius 2 is 1.82 bits per heavy atom. The summed E-state index contributed by atoms with van der Waals surface area (Å²) >= 11 is 0. The number of hydrogen-bond acceptors (Lipinski definition) is 5. The van der Waals surface area contributed by atoms with E-state index in [1.807, 2.05) is 50.2 Å². The van der Waals surface area contributed by atoms with E-state index in [2.05, 4.69) is 5.32 Å². The number of aromatic nitrogens is 1. The van der Waals surface area contributed by atoms with E-state index < -0.39 is 21.3 Å². The third kappa shape index (κ3) is 3.99. The first kappa shape index (κ1) is 22.9. The lowest BCUT2D eigenvalue weighted by atomic mass is 9.87. The van der Waals surface area contributed by atoms with Crippen molar-refractivity contribution in [1.29, 1.82) is 0 Å². The molecular weight excluding hydrogens is 450 g/mol. The molecule has 34 heavy (non-hydrogen) atoms. The molecule has 2 aliphatic rings. The minimum atomic E-state index is -3.52. The molecule has 1 aliphatic heterocycles. The van der Waals surface area contributed by atoms with Gasteiger partial charge in [-0.2, -0.15) is 0 Å². The van der Waals surface area contributed by atoms with Gasteiger partial charge in [0.15, 0.2) is 0 Å². The third-order valence-corrected chi connectivity index (χ3v) is 9.17. The summed E-state index contributed by atoms with van der Waals surface area (Å²) in [6.45, 7) is 3.96. The fourth-order valence-electron chi connectivity index (χ4n) is 5.60. The van der Waals surface area contributed by atoms with Crippen molar-refractivity contribution in [2.24, 2.45) is 11.1 Å². The lowest BCUT2D eigenvalue weighted by Gasteiger charge is -2.31. The minimum absolute atomic E-state index is 0.0893. The maximum Gasteiger partial charge on any atom is 0.250 e. The summed E-state index contributed by atoms with van der Waals surface area (Å²) in [7, 11) is -3.52. The highest BCUT2D eigenvalue weighted by molar-refractivity contribution is 7.90. The van der Waals surface area contributed by atoms with Gasteiger partial charge >= 0.3 is 0 Å². The summed E-state index contributed by atoms with van der Waals surface area (Å²) < 4.78 is 28.1. The van der Waals surface area contributed by atoms with Crippen LogP contribution in [0.15, 0.2) is 42.5 Å². The average Bonchev–Trinajstić information content (AvgIpc) is 3.08. The van der Waals surface area contributed by atoms with Crippen LogP contribution in [-0.2, 0) is 16.4 Å². The summed E-state index contributed by atoms with van der Waals surface area (Å²) in [4.78, 5) is 12.2. The Bertz CT molecular complexity index is 1380. The number of nitrogens with one attached hydrogen (secondary N) is 1. The predicted molar refractivity (Wildman–Crippen MR) is 134 cm³/mol. The van der Waals surface area contributed by atoms with Crippen LogP contribution < -0.4 is 11.1 Å². The molecule has 2 aromatic carbocycles. The summed E-state index contributed by atoms with van der Waals surface area (Å²) in [6.07, 6.45) is 3.39. The number of benzene rings is 2. The fourth-order valence-corrected chi connectivity index (χ4v) is 7.77. The van der Waals surface area contributed by atoms with E-state index in [0.29, 0.717) is 36.0 Å². The quantitative estimate of drug-likeness (QED) is 0.523. The van der Waals surface area contributed by atoms with Crippen LogP contribution in [0, 0.1) is 5.41 Å². The van der Waals surface area contributed by atoms with E-state index in [0.717, 1.165) is 35.0 Å². The van der Waals surface area contributed by atoms with Gasteiger partial charge in [-0.15, -0.1) is 0 Å². The zero-order valence-corrected chi connectivity index (χ0v) is 20.4. The van der Waals surface area contributed by atoms with Gasteiger partial charge in [0.25, 0.3) is 5.91 Å². The molecule has 1 amide bonds. The molecule has 1 fully saturated rings. The Morgan fingerprint density at radius 3 is 2.53 bits per heavy atom. The molecule has 0 bridgehead atoms. The molecule has 1 saturated carbocycles. The van der Waals surface area contributed by atoms with E-state index in [1.165, 1.54) is 3.97 Å². The number of amides is 1. The first-order chi connectivity index (χ1) is 16.1. The first-order valence-electron chi connectivity index (χ1n) is 11.8. The summed E-state index contributed by atoms with van der Waals surface area (Å²) in [5.74, 6) is -0.427. The van der Waals surface area contributed by atoms with Gasteiger partial charge in [-0.3, -0.25) is 4.79 Å².